The van der Waals surface area contributed by atoms with Crippen LogP contribution in [-0.2, 0) is 4.74 Å². The molecule has 1 aromatic rings. The number of carbonyl (C=O) groups excluding carboxylic acids is 1. The number of anilines is 1. The molecule has 7 heteroatoms. The lowest BCUT2D eigenvalue weighted by molar-refractivity contribution is 0.0438. The number of nitrogens with one attached hydrogen (secondary N) is 2. The van der Waals surface area contributed by atoms with Crippen molar-refractivity contribution in [1.82, 2.24) is 10.3 Å². The average Bonchev–Trinajstić information content (AvgIpc) is 2.74. The summed E-state index contributed by atoms with van der Waals surface area (Å²) < 4.78 is 5.17. The molecular formula is C14H21N3O4. The van der Waals surface area contributed by atoms with Gasteiger partial charge in [-0.05, 0) is 25.0 Å². The number of hydrogen-bond acceptors (Lipinski definition) is 5. The summed E-state index contributed by atoms with van der Waals surface area (Å²) in [5.74, 6) is 0. The molecule has 2 rings (SSSR count). The Balaban J connectivity index is 1.89. The van der Waals surface area contributed by atoms with Crippen molar-refractivity contribution < 1.29 is 19.7 Å². The fraction of sp³-hybridized carbons (Fsp3) is 0.571. The molecule has 1 aliphatic rings. The summed E-state index contributed by atoms with van der Waals surface area (Å²) in [6.07, 6.45) is 2.42. The topological polar surface area (TPSA) is 104 Å². The van der Waals surface area contributed by atoms with Crippen molar-refractivity contribution >= 4 is 11.7 Å². The normalized spacial score (nSPS) is 28.3. The van der Waals surface area contributed by atoms with Crippen LogP contribution in [0, 0.1) is 5.41 Å². The molecule has 3 atom stereocenters. The van der Waals surface area contributed by atoms with Crippen LogP contribution in [0.3, 0.4) is 0 Å². The van der Waals surface area contributed by atoms with Gasteiger partial charge in [0.2, 0.25) is 0 Å². The third kappa shape index (κ3) is 4.13. The van der Waals surface area contributed by atoms with E-state index < -0.39 is 17.6 Å². The van der Waals surface area contributed by atoms with Gasteiger partial charge in [-0.15, -0.1) is 0 Å². The number of aliphatic hydroxyl groups excluding tert-OH is 2. The van der Waals surface area contributed by atoms with Crippen LogP contribution in [0.5, 0.6) is 0 Å². The first-order chi connectivity index (χ1) is 10.0. The number of aliphatic hydroxyl groups is 2. The van der Waals surface area contributed by atoms with E-state index in [0.29, 0.717) is 31.7 Å². The minimum absolute atomic E-state index is 0.320. The monoisotopic (exact) mass is 295 g/mol. The number of carbonyl (C=O) groups is 1. The van der Waals surface area contributed by atoms with Gasteiger partial charge >= 0.3 is 6.03 Å². The van der Waals surface area contributed by atoms with E-state index in [2.05, 4.69) is 15.6 Å². The van der Waals surface area contributed by atoms with E-state index in [-0.39, 0.29) is 6.03 Å². The lowest BCUT2D eigenvalue weighted by atomic mass is 9.87. The minimum Gasteiger partial charge on any atom is -0.390 e. The van der Waals surface area contributed by atoms with Gasteiger partial charge in [0, 0.05) is 25.3 Å². The molecule has 0 spiro atoms. The van der Waals surface area contributed by atoms with Crippen molar-refractivity contribution in [2.45, 2.75) is 25.0 Å². The summed E-state index contributed by atoms with van der Waals surface area (Å²) in [5, 5.41) is 24.9. The molecular weight excluding hydrogens is 274 g/mol. The molecule has 1 saturated carbocycles. The Morgan fingerprint density at radius 1 is 1.48 bits per heavy atom. The first kappa shape index (κ1) is 15.7. The van der Waals surface area contributed by atoms with Crippen LogP contribution in [0.1, 0.15) is 12.8 Å². The van der Waals surface area contributed by atoms with E-state index >= 15 is 0 Å². The number of nitrogens with zero attached hydrogens (tertiary/aromatic N) is 1. The number of urea groups is 1. The zero-order chi connectivity index (χ0) is 15.3. The number of ether oxygens (including phenoxy) is 1. The molecule has 1 aromatic heterocycles. The third-order valence-corrected chi connectivity index (χ3v) is 3.72. The summed E-state index contributed by atoms with van der Waals surface area (Å²) in [6.45, 7) is 0.690. The molecule has 116 valence electrons. The number of hydrogen-bond donors (Lipinski definition) is 4. The van der Waals surface area contributed by atoms with E-state index in [1.807, 2.05) is 0 Å². The second-order valence-electron chi connectivity index (χ2n) is 5.53. The molecule has 7 nitrogen and oxygen atoms in total. The highest BCUT2D eigenvalue weighted by Crippen LogP contribution is 2.38. The highest BCUT2D eigenvalue weighted by Gasteiger charge is 2.44. The molecule has 1 heterocycles. The SMILES string of the molecule is COCC1(CNC(=O)Nc2cccnc2)C[C@@H](O)[C@@H](O)C1. The van der Waals surface area contributed by atoms with E-state index in [9.17, 15) is 15.0 Å². The molecule has 4 N–H and O–H groups in total. The molecule has 0 aliphatic heterocycles. The van der Waals surface area contributed by atoms with E-state index in [1.54, 1.807) is 31.6 Å². The molecule has 2 amide bonds. The van der Waals surface area contributed by atoms with Crippen molar-refractivity contribution in [3.63, 3.8) is 0 Å². The molecule has 1 fully saturated rings. The average molecular weight is 295 g/mol. The Morgan fingerprint density at radius 2 is 2.19 bits per heavy atom. The highest BCUT2D eigenvalue weighted by molar-refractivity contribution is 5.88. The van der Waals surface area contributed by atoms with Gasteiger partial charge in [-0.25, -0.2) is 4.79 Å². The van der Waals surface area contributed by atoms with Crippen LogP contribution < -0.4 is 10.6 Å². The van der Waals surface area contributed by atoms with E-state index in [0.717, 1.165) is 0 Å². The maximum absolute atomic E-state index is 11.9. The number of methoxy groups -OCH3 is 1. The van der Waals surface area contributed by atoms with Crippen molar-refractivity contribution in [3.05, 3.63) is 24.5 Å². The zero-order valence-electron chi connectivity index (χ0n) is 12.0. The second-order valence-corrected chi connectivity index (χ2v) is 5.53. The second kappa shape index (κ2) is 6.84. The van der Waals surface area contributed by atoms with Gasteiger partial charge in [-0.2, -0.15) is 0 Å². The molecule has 21 heavy (non-hydrogen) atoms. The largest absolute Gasteiger partial charge is 0.390 e. The minimum atomic E-state index is -0.775. The third-order valence-electron chi connectivity index (χ3n) is 3.72. The van der Waals surface area contributed by atoms with Gasteiger partial charge in [0.1, 0.15) is 0 Å². The summed E-state index contributed by atoms with van der Waals surface area (Å²) in [6, 6.07) is 3.11. The summed E-state index contributed by atoms with van der Waals surface area (Å²) in [4.78, 5) is 15.8. The Kier molecular flexibility index (Phi) is 5.11. The standard InChI is InChI=1S/C14H21N3O4/c1-21-9-14(5-11(18)12(19)6-14)8-16-13(20)17-10-3-2-4-15-7-10/h2-4,7,11-12,18-19H,5-6,8-9H2,1H3,(H2,16,17,20)/t11-,12+,14?. The molecule has 0 aromatic carbocycles. The Morgan fingerprint density at radius 3 is 2.76 bits per heavy atom. The number of rotatable bonds is 5. The van der Waals surface area contributed by atoms with Crippen LogP contribution in [0.2, 0.25) is 0 Å². The summed E-state index contributed by atoms with van der Waals surface area (Å²) >= 11 is 0. The van der Waals surface area contributed by atoms with Crippen LogP contribution in [0.25, 0.3) is 0 Å². The van der Waals surface area contributed by atoms with Gasteiger partial charge in [0.05, 0.1) is 30.7 Å². The van der Waals surface area contributed by atoms with Gasteiger partial charge in [-0.1, -0.05) is 0 Å². The fourth-order valence-corrected chi connectivity index (χ4v) is 2.74. The first-order valence-corrected chi connectivity index (χ1v) is 6.85. The van der Waals surface area contributed by atoms with Crippen molar-refractivity contribution in [1.29, 1.82) is 0 Å². The van der Waals surface area contributed by atoms with Crippen molar-refractivity contribution in [2.24, 2.45) is 5.41 Å². The Labute approximate surface area is 123 Å². The predicted molar refractivity (Wildman–Crippen MR) is 76.8 cm³/mol. The highest BCUT2D eigenvalue weighted by atomic mass is 16.5. The summed E-state index contributed by atoms with van der Waals surface area (Å²) in [5.41, 5.74) is 0.155. The molecule has 1 aliphatic carbocycles. The number of pyridine rings is 1. The van der Waals surface area contributed by atoms with Gasteiger partial charge in [0.25, 0.3) is 0 Å². The molecule has 1 unspecified atom stereocenters. The van der Waals surface area contributed by atoms with E-state index in [1.165, 1.54) is 0 Å². The fourth-order valence-electron chi connectivity index (χ4n) is 2.74. The van der Waals surface area contributed by atoms with Gasteiger partial charge in [0.15, 0.2) is 0 Å². The number of aromatic nitrogens is 1. The predicted octanol–water partition coefficient (Wildman–Crippen LogP) is 0.351. The Bertz CT molecular complexity index is 459. The Hall–Kier alpha value is -1.70. The van der Waals surface area contributed by atoms with Crippen LogP contribution in [0.4, 0.5) is 10.5 Å². The van der Waals surface area contributed by atoms with Crippen molar-refractivity contribution in [3.8, 4) is 0 Å². The quantitative estimate of drug-likeness (QED) is 0.627. The summed E-state index contributed by atoms with van der Waals surface area (Å²) in [7, 11) is 1.56. The molecule has 0 bridgehead atoms. The van der Waals surface area contributed by atoms with Crippen molar-refractivity contribution in [2.75, 3.05) is 25.6 Å². The van der Waals surface area contributed by atoms with Gasteiger partial charge < -0.3 is 25.6 Å². The first-order valence-electron chi connectivity index (χ1n) is 6.85. The lowest BCUT2D eigenvalue weighted by Crippen LogP contribution is -2.41. The lowest BCUT2D eigenvalue weighted by Gasteiger charge is -2.28. The molecule has 0 radical (unpaired) electrons. The smallest absolute Gasteiger partial charge is 0.319 e. The maximum Gasteiger partial charge on any atom is 0.319 e. The number of amides is 2. The van der Waals surface area contributed by atoms with E-state index in [4.69, 9.17) is 4.74 Å². The molecule has 0 saturated heterocycles. The zero-order valence-corrected chi connectivity index (χ0v) is 12.0. The van der Waals surface area contributed by atoms with Gasteiger partial charge in [-0.3, -0.25) is 4.98 Å². The maximum atomic E-state index is 11.9. The van der Waals surface area contributed by atoms with Crippen LogP contribution in [0.15, 0.2) is 24.5 Å². The van der Waals surface area contributed by atoms with Crippen LogP contribution in [-0.4, -0.2) is 53.7 Å². The van der Waals surface area contributed by atoms with Crippen LogP contribution >= 0.6 is 0 Å².